The minimum atomic E-state index is 0.895. The largest absolute Gasteiger partial charge is 0.310 e. The number of hydrogen-bond acceptors (Lipinski definition) is 3. The second-order valence-corrected chi connectivity index (χ2v) is 12.8. The maximum atomic E-state index is 4.89. The number of rotatable bonds is 7. The fraction of sp³-hybridized carbons (Fsp3) is 0.0213. The van der Waals surface area contributed by atoms with E-state index in [0.717, 1.165) is 45.0 Å². The van der Waals surface area contributed by atoms with Crippen LogP contribution >= 0.6 is 0 Å². The van der Waals surface area contributed by atoms with Gasteiger partial charge in [-0.05, 0) is 102 Å². The third kappa shape index (κ3) is 5.63. The van der Waals surface area contributed by atoms with Gasteiger partial charge in [0.05, 0.1) is 34.3 Å². The van der Waals surface area contributed by atoms with Crippen molar-refractivity contribution in [2.24, 2.45) is 0 Å². The molecule has 0 aliphatic carbocycles. The van der Waals surface area contributed by atoms with Crippen molar-refractivity contribution in [3.63, 3.8) is 0 Å². The third-order valence-corrected chi connectivity index (χ3v) is 9.56. The maximum absolute atomic E-state index is 4.89. The van der Waals surface area contributed by atoms with Crippen LogP contribution in [0.4, 0.5) is 17.1 Å². The van der Waals surface area contributed by atoms with Gasteiger partial charge in [0, 0.05) is 40.1 Å². The molecule has 4 heteroatoms. The normalized spacial score (nSPS) is 11.2. The van der Waals surface area contributed by atoms with E-state index >= 15 is 0 Å². The molecular weight excluding hydrogens is 621 g/mol. The molecule has 0 N–H and O–H groups in total. The highest BCUT2D eigenvalue weighted by atomic mass is 15.1. The highest BCUT2D eigenvalue weighted by molar-refractivity contribution is 6.16. The van der Waals surface area contributed by atoms with Gasteiger partial charge in [0.1, 0.15) is 0 Å². The topological polar surface area (TPSA) is 34.0 Å². The number of benzene rings is 6. The fourth-order valence-corrected chi connectivity index (χ4v) is 7.12. The van der Waals surface area contributed by atoms with Crippen molar-refractivity contribution in [3.8, 4) is 39.2 Å². The molecule has 9 aromatic rings. The molecule has 0 aliphatic rings. The molecule has 6 aromatic carbocycles. The Morgan fingerprint density at radius 2 is 1.16 bits per heavy atom. The molecule has 0 aliphatic heterocycles. The second-order valence-electron chi connectivity index (χ2n) is 12.8. The van der Waals surface area contributed by atoms with Crippen molar-refractivity contribution in [1.82, 2.24) is 14.5 Å². The predicted octanol–water partition coefficient (Wildman–Crippen LogP) is 12.4. The van der Waals surface area contributed by atoms with Crippen LogP contribution in [-0.2, 0) is 0 Å². The van der Waals surface area contributed by atoms with Crippen LogP contribution in [0, 0.1) is 6.92 Å². The smallest absolute Gasteiger partial charge is 0.0719 e. The Bertz CT molecular complexity index is 2550. The lowest BCUT2D eigenvalue weighted by Gasteiger charge is -2.28. The van der Waals surface area contributed by atoms with Crippen LogP contribution in [-0.4, -0.2) is 14.5 Å². The van der Waals surface area contributed by atoms with Gasteiger partial charge in [-0.25, -0.2) is 0 Å². The number of fused-ring (bicyclic) bond motifs is 3. The van der Waals surface area contributed by atoms with Crippen LogP contribution in [0.2, 0.25) is 0 Å². The Morgan fingerprint density at radius 3 is 1.82 bits per heavy atom. The summed E-state index contributed by atoms with van der Waals surface area (Å²) in [5.41, 5.74) is 14.3. The van der Waals surface area contributed by atoms with E-state index in [1.165, 1.54) is 38.6 Å². The van der Waals surface area contributed by atoms with Crippen molar-refractivity contribution < 1.29 is 0 Å². The number of aryl methyl sites for hydroxylation is 1. The van der Waals surface area contributed by atoms with E-state index in [-0.39, 0.29) is 0 Å². The number of aromatic nitrogens is 3. The Morgan fingerprint density at radius 1 is 0.490 bits per heavy atom. The number of anilines is 3. The minimum absolute atomic E-state index is 0.895. The van der Waals surface area contributed by atoms with E-state index in [9.17, 15) is 0 Å². The molecular formula is C47H34N4. The van der Waals surface area contributed by atoms with Crippen LogP contribution in [0.5, 0.6) is 0 Å². The molecule has 0 bridgehead atoms. The Hall–Kier alpha value is -6.78. The lowest BCUT2D eigenvalue weighted by atomic mass is 9.97. The molecule has 51 heavy (non-hydrogen) atoms. The SMILES string of the molecule is Cc1ccc(N(c2cc(-c3ccccc3)cc(-c3ccccc3)c2)c2cccc3c2c2ccccc2n3-c2ccc(-c3cccnc3)nc2)cc1. The van der Waals surface area contributed by atoms with Gasteiger partial charge in [0.15, 0.2) is 0 Å². The van der Waals surface area contributed by atoms with Gasteiger partial charge in [0.25, 0.3) is 0 Å². The molecule has 0 unspecified atom stereocenters. The minimum Gasteiger partial charge on any atom is -0.310 e. The Kier molecular flexibility index (Phi) is 7.67. The van der Waals surface area contributed by atoms with E-state index in [1.54, 1.807) is 6.20 Å². The average molecular weight is 655 g/mol. The molecule has 9 rings (SSSR count). The molecule has 0 radical (unpaired) electrons. The van der Waals surface area contributed by atoms with Crippen LogP contribution in [0.3, 0.4) is 0 Å². The summed E-state index contributed by atoms with van der Waals surface area (Å²) in [6.45, 7) is 2.14. The molecule has 0 saturated carbocycles. The Labute approximate surface area is 297 Å². The summed E-state index contributed by atoms with van der Waals surface area (Å²) in [5.74, 6) is 0. The summed E-state index contributed by atoms with van der Waals surface area (Å²) < 4.78 is 2.33. The van der Waals surface area contributed by atoms with E-state index in [4.69, 9.17) is 4.98 Å². The van der Waals surface area contributed by atoms with Crippen molar-refractivity contribution in [1.29, 1.82) is 0 Å². The van der Waals surface area contributed by atoms with Gasteiger partial charge >= 0.3 is 0 Å². The highest BCUT2D eigenvalue weighted by Crippen LogP contribution is 2.45. The molecule has 0 spiro atoms. The Balaban J connectivity index is 1.30. The first-order chi connectivity index (χ1) is 25.2. The fourth-order valence-electron chi connectivity index (χ4n) is 7.12. The van der Waals surface area contributed by atoms with Crippen LogP contribution < -0.4 is 4.90 Å². The van der Waals surface area contributed by atoms with Crippen LogP contribution in [0.15, 0.2) is 188 Å². The number of hydrogen-bond donors (Lipinski definition) is 0. The van der Waals surface area contributed by atoms with E-state index in [0.29, 0.717) is 0 Å². The first kappa shape index (κ1) is 30.3. The molecule has 0 fully saturated rings. The third-order valence-electron chi connectivity index (χ3n) is 9.56. The first-order valence-electron chi connectivity index (χ1n) is 17.2. The zero-order valence-corrected chi connectivity index (χ0v) is 28.2. The molecule has 0 atom stereocenters. The molecule has 3 heterocycles. The summed E-state index contributed by atoms with van der Waals surface area (Å²) in [7, 11) is 0. The molecule has 4 nitrogen and oxygen atoms in total. The zero-order chi connectivity index (χ0) is 34.1. The number of nitrogens with zero attached hydrogens (tertiary/aromatic N) is 4. The summed E-state index contributed by atoms with van der Waals surface area (Å²) in [6.07, 6.45) is 5.60. The van der Waals surface area contributed by atoms with Crippen molar-refractivity contribution in [3.05, 3.63) is 194 Å². The van der Waals surface area contributed by atoms with Gasteiger partial charge in [-0.3, -0.25) is 9.97 Å². The molecule has 3 aromatic heterocycles. The number of para-hydroxylation sites is 1. The molecule has 242 valence electrons. The predicted molar refractivity (Wildman–Crippen MR) is 212 cm³/mol. The lowest BCUT2D eigenvalue weighted by molar-refractivity contribution is 1.14. The summed E-state index contributed by atoms with van der Waals surface area (Å²) >= 11 is 0. The van der Waals surface area contributed by atoms with E-state index < -0.39 is 0 Å². The molecule has 0 amide bonds. The monoisotopic (exact) mass is 654 g/mol. The van der Waals surface area contributed by atoms with Crippen LogP contribution in [0.1, 0.15) is 5.56 Å². The van der Waals surface area contributed by atoms with Crippen LogP contribution in [0.25, 0.3) is 61.0 Å². The van der Waals surface area contributed by atoms with Crippen molar-refractivity contribution in [2.75, 3.05) is 4.90 Å². The summed E-state index contributed by atoms with van der Waals surface area (Å²) in [4.78, 5) is 11.6. The van der Waals surface area contributed by atoms with Gasteiger partial charge < -0.3 is 9.47 Å². The average Bonchev–Trinajstić information content (AvgIpc) is 3.55. The molecule has 0 saturated heterocycles. The van der Waals surface area contributed by atoms with Gasteiger partial charge in [0.2, 0.25) is 0 Å². The summed E-state index contributed by atoms with van der Waals surface area (Å²) in [6, 6.07) is 60.6. The van der Waals surface area contributed by atoms with Gasteiger partial charge in [-0.1, -0.05) is 103 Å². The van der Waals surface area contributed by atoms with E-state index in [1.807, 2.05) is 24.5 Å². The van der Waals surface area contributed by atoms with Crippen molar-refractivity contribution >= 4 is 38.9 Å². The lowest BCUT2D eigenvalue weighted by Crippen LogP contribution is -2.11. The first-order valence-corrected chi connectivity index (χ1v) is 17.2. The maximum Gasteiger partial charge on any atom is 0.0719 e. The van der Waals surface area contributed by atoms with Gasteiger partial charge in [-0.15, -0.1) is 0 Å². The summed E-state index contributed by atoms with van der Waals surface area (Å²) in [5, 5.41) is 2.36. The van der Waals surface area contributed by atoms with Crippen molar-refractivity contribution in [2.45, 2.75) is 6.92 Å². The van der Waals surface area contributed by atoms with E-state index in [2.05, 4.69) is 179 Å². The van der Waals surface area contributed by atoms with Gasteiger partial charge in [-0.2, -0.15) is 0 Å². The number of pyridine rings is 2. The standard InChI is InChI=1S/C47H34N4/c1-33-21-23-39(24-22-33)50(41-29-37(34-12-4-2-5-13-34)28-38(30-41)35-14-6-3-7-15-35)45-19-10-20-46-47(45)42-17-8-9-18-44(42)51(46)40-25-26-43(49-32-40)36-16-11-27-48-31-36/h2-32H,1H3. The highest BCUT2D eigenvalue weighted by Gasteiger charge is 2.22. The quantitative estimate of drug-likeness (QED) is 0.171. The second kappa shape index (κ2) is 12.9. The zero-order valence-electron chi connectivity index (χ0n) is 28.2.